The molecule has 1 fully saturated rings. The molecule has 0 heterocycles. The van der Waals surface area contributed by atoms with E-state index in [1.165, 1.54) is 32.2 Å². The van der Waals surface area contributed by atoms with Crippen LogP contribution < -0.4 is 5.73 Å². The van der Waals surface area contributed by atoms with Crippen molar-refractivity contribution in [3.8, 4) is 0 Å². The summed E-state index contributed by atoms with van der Waals surface area (Å²) < 4.78 is 5.15. The van der Waals surface area contributed by atoms with Gasteiger partial charge in [-0.1, -0.05) is 13.3 Å². The topological polar surface area (TPSA) is 38.5 Å². The van der Waals surface area contributed by atoms with E-state index >= 15 is 0 Å². The Hall–Kier alpha value is -0.120. The van der Waals surface area contributed by atoms with E-state index in [0.717, 1.165) is 25.7 Å². The van der Waals surface area contributed by atoms with Gasteiger partial charge in [-0.15, -0.1) is 0 Å². The van der Waals surface area contributed by atoms with Gasteiger partial charge in [0.25, 0.3) is 0 Å². The average Bonchev–Trinajstić information content (AvgIpc) is 3.06. The normalized spacial score (nSPS) is 18.4. The van der Waals surface area contributed by atoms with E-state index in [1.54, 1.807) is 7.11 Å². The van der Waals surface area contributed by atoms with Gasteiger partial charge in [-0.3, -0.25) is 4.90 Å². The van der Waals surface area contributed by atoms with Crippen molar-refractivity contribution < 1.29 is 4.74 Å². The van der Waals surface area contributed by atoms with Crippen molar-refractivity contribution in [3.05, 3.63) is 0 Å². The summed E-state index contributed by atoms with van der Waals surface area (Å²) in [6, 6.07) is 0.825. The molecule has 90 valence electrons. The molecule has 1 aliphatic carbocycles. The molecule has 3 heteroatoms. The van der Waals surface area contributed by atoms with Gasteiger partial charge in [0.1, 0.15) is 0 Å². The highest BCUT2D eigenvalue weighted by Crippen LogP contribution is 2.27. The Labute approximate surface area is 94.0 Å². The third-order valence-electron chi connectivity index (χ3n) is 3.17. The lowest BCUT2D eigenvalue weighted by atomic mass is 10.0. The first-order valence-corrected chi connectivity index (χ1v) is 6.24. The number of rotatable bonds is 9. The maximum atomic E-state index is 5.80. The van der Waals surface area contributed by atoms with Crippen LogP contribution in [0.25, 0.3) is 0 Å². The summed E-state index contributed by atoms with van der Waals surface area (Å²) in [4.78, 5) is 2.57. The summed E-state index contributed by atoms with van der Waals surface area (Å²) in [5.41, 5.74) is 5.80. The van der Waals surface area contributed by atoms with E-state index in [4.69, 9.17) is 10.5 Å². The highest BCUT2D eigenvalue weighted by molar-refractivity contribution is 4.85. The molecule has 3 nitrogen and oxygen atoms in total. The molecule has 0 spiro atoms. The van der Waals surface area contributed by atoms with Gasteiger partial charge >= 0.3 is 0 Å². The summed E-state index contributed by atoms with van der Waals surface area (Å²) >= 11 is 0. The number of nitrogens with zero attached hydrogens (tertiary/aromatic N) is 1. The van der Waals surface area contributed by atoms with Gasteiger partial charge in [0.05, 0.1) is 6.61 Å². The van der Waals surface area contributed by atoms with Crippen molar-refractivity contribution in [1.29, 1.82) is 0 Å². The lowest BCUT2D eigenvalue weighted by Crippen LogP contribution is -2.36. The molecular weight excluding hydrogens is 188 g/mol. The van der Waals surface area contributed by atoms with Crippen LogP contribution in [0.4, 0.5) is 0 Å². The van der Waals surface area contributed by atoms with Crippen molar-refractivity contribution in [1.82, 2.24) is 4.90 Å². The smallest absolute Gasteiger partial charge is 0.0589 e. The molecule has 2 N–H and O–H groups in total. The number of ether oxygens (including phenoxy) is 1. The molecular formula is C12H26N2O. The number of nitrogens with two attached hydrogens (primary N) is 1. The van der Waals surface area contributed by atoms with Crippen LogP contribution in [-0.4, -0.2) is 44.3 Å². The SMILES string of the molecule is CCCC(CN)CN(CCOC)C1CC1. The first-order valence-electron chi connectivity index (χ1n) is 6.24. The largest absolute Gasteiger partial charge is 0.383 e. The van der Waals surface area contributed by atoms with Crippen LogP contribution in [0.15, 0.2) is 0 Å². The zero-order valence-corrected chi connectivity index (χ0v) is 10.2. The fourth-order valence-corrected chi connectivity index (χ4v) is 2.09. The summed E-state index contributed by atoms with van der Waals surface area (Å²) in [6.45, 7) is 6.14. The maximum Gasteiger partial charge on any atom is 0.0589 e. The van der Waals surface area contributed by atoms with Crippen LogP contribution in [0, 0.1) is 5.92 Å². The number of hydrogen-bond acceptors (Lipinski definition) is 3. The Morgan fingerprint density at radius 2 is 2.20 bits per heavy atom. The Morgan fingerprint density at radius 1 is 1.47 bits per heavy atom. The second-order valence-corrected chi connectivity index (χ2v) is 4.61. The van der Waals surface area contributed by atoms with E-state index in [0.29, 0.717) is 5.92 Å². The van der Waals surface area contributed by atoms with E-state index < -0.39 is 0 Å². The highest BCUT2D eigenvalue weighted by atomic mass is 16.5. The molecule has 0 aliphatic heterocycles. The van der Waals surface area contributed by atoms with Crippen LogP contribution in [0.2, 0.25) is 0 Å². The molecule has 1 rings (SSSR count). The molecule has 0 aromatic rings. The van der Waals surface area contributed by atoms with Gasteiger partial charge in [-0.05, 0) is 31.7 Å². The minimum atomic E-state index is 0.674. The lowest BCUT2D eigenvalue weighted by molar-refractivity contribution is 0.131. The molecule has 1 atom stereocenters. The van der Waals surface area contributed by atoms with Crippen LogP contribution in [-0.2, 0) is 4.74 Å². The van der Waals surface area contributed by atoms with Crippen LogP contribution in [0.1, 0.15) is 32.6 Å². The van der Waals surface area contributed by atoms with Crippen LogP contribution >= 0.6 is 0 Å². The van der Waals surface area contributed by atoms with E-state index in [9.17, 15) is 0 Å². The van der Waals surface area contributed by atoms with Crippen molar-refractivity contribution in [3.63, 3.8) is 0 Å². The Balaban J connectivity index is 2.27. The lowest BCUT2D eigenvalue weighted by Gasteiger charge is -2.26. The minimum absolute atomic E-state index is 0.674. The van der Waals surface area contributed by atoms with E-state index in [2.05, 4.69) is 11.8 Å². The summed E-state index contributed by atoms with van der Waals surface area (Å²) in [5.74, 6) is 0.674. The van der Waals surface area contributed by atoms with Gasteiger partial charge in [-0.2, -0.15) is 0 Å². The Bertz CT molecular complexity index is 160. The molecule has 0 aromatic carbocycles. The zero-order chi connectivity index (χ0) is 11.1. The molecule has 1 unspecified atom stereocenters. The van der Waals surface area contributed by atoms with Gasteiger partial charge in [0.2, 0.25) is 0 Å². The number of hydrogen-bond donors (Lipinski definition) is 1. The van der Waals surface area contributed by atoms with Gasteiger partial charge in [0.15, 0.2) is 0 Å². The highest BCUT2D eigenvalue weighted by Gasteiger charge is 2.29. The van der Waals surface area contributed by atoms with Crippen molar-refractivity contribution >= 4 is 0 Å². The Kier molecular flexibility index (Phi) is 6.22. The van der Waals surface area contributed by atoms with E-state index in [-0.39, 0.29) is 0 Å². The zero-order valence-electron chi connectivity index (χ0n) is 10.2. The second-order valence-electron chi connectivity index (χ2n) is 4.61. The second kappa shape index (κ2) is 7.20. The predicted molar refractivity (Wildman–Crippen MR) is 63.9 cm³/mol. The third kappa shape index (κ3) is 4.96. The predicted octanol–water partition coefficient (Wildman–Crippen LogP) is 1.47. The summed E-state index contributed by atoms with van der Waals surface area (Å²) in [7, 11) is 1.78. The van der Waals surface area contributed by atoms with Gasteiger partial charge in [-0.25, -0.2) is 0 Å². The molecule has 0 aromatic heterocycles. The molecule has 0 bridgehead atoms. The monoisotopic (exact) mass is 214 g/mol. The molecule has 0 saturated heterocycles. The van der Waals surface area contributed by atoms with Crippen molar-refractivity contribution in [2.24, 2.45) is 11.7 Å². The van der Waals surface area contributed by atoms with Crippen LogP contribution in [0.5, 0.6) is 0 Å². The summed E-state index contributed by atoms with van der Waals surface area (Å²) in [6.07, 6.45) is 5.23. The minimum Gasteiger partial charge on any atom is -0.383 e. The third-order valence-corrected chi connectivity index (χ3v) is 3.17. The molecule has 1 aliphatic rings. The summed E-state index contributed by atoms with van der Waals surface area (Å²) in [5, 5.41) is 0. The standard InChI is InChI=1S/C12H26N2O/c1-3-4-11(9-13)10-14(7-8-15-2)12-5-6-12/h11-12H,3-10,13H2,1-2H3. The van der Waals surface area contributed by atoms with Crippen LogP contribution in [0.3, 0.4) is 0 Å². The molecule has 0 radical (unpaired) electrons. The first-order chi connectivity index (χ1) is 7.31. The first kappa shape index (κ1) is 12.9. The average molecular weight is 214 g/mol. The maximum absolute atomic E-state index is 5.80. The van der Waals surface area contributed by atoms with Gasteiger partial charge < -0.3 is 10.5 Å². The molecule has 1 saturated carbocycles. The van der Waals surface area contributed by atoms with E-state index in [1.807, 2.05) is 0 Å². The fraction of sp³-hybridized carbons (Fsp3) is 1.00. The quantitative estimate of drug-likeness (QED) is 0.632. The molecule has 15 heavy (non-hydrogen) atoms. The molecule has 0 amide bonds. The Morgan fingerprint density at radius 3 is 2.67 bits per heavy atom. The fourth-order valence-electron chi connectivity index (χ4n) is 2.09. The number of methoxy groups -OCH3 is 1. The van der Waals surface area contributed by atoms with Crippen molar-refractivity contribution in [2.75, 3.05) is 33.4 Å². The van der Waals surface area contributed by atoms with Crippen molar-refractivity contribution in [2.45, 2.75) is 38.6 Å². The van der Waals surface area contributed by atoms with Gasteiger partial charge in [0, 0.05) is 26.2 Å².